The first-order chi connectivity index (χ1) is 9.24. The lowest BCUT2D eigenvalue weighted by molar-refractivity contribution is 1.02. The van der Waals surface area contributed by atoms with Gasteiger partial charge in [-0.3, -0.25) is 0 Å². The van der Waals surface area contributed by atoms with Crippen LogP contribution >= 0.6 is 15.9 Å². The molecule has 0 aliphatic heterocycles. The molecule has 0 bridgehead atoms. The summed E-state index contributed by atoms with van der Waals surface area (Å²) in [5, 5.41) is 12.9. The fourth-order valence-corrected chi connectivity index (χ4v) is 2.25. The van der Waals surface area contributed by atoms with E-state index in [1.165, 1.54) is 0 Å². The smallest absolute Gasteiger partial charge is 0.0950 e. The van der Waals surface area contributed by atoms with Gasteiger partial charge in [0.2, 0.25) is 0 Å². The van der Waals surface area contributed by atoms with Crippen molar-refractivity contribution < 1.29 is 0 Å². The summed E-state index contributed by atoms with van der Waals surface area (Å²) < 4.78 is 1.06. The second kappa shape index (κ2) is 4.97. The second-order valence-corrected chi connectivity index (χ2v) is 5.23. The molecule has 0 aliphatic carbocycles. The highest BCUT2D eigenvalue weighted by Crippen LogP contribution is 2.27. The van der Waals surface area contributed by atoms with Gasteiger partial charge in [-0.15, -0.1) is 0 Å². The maximum absolute atomic E-state index is 4.20. The summed E-state index contributed by atoms with van der Waals surface area (Å²) in [5.41, 5.74) is 3.83. The minimum atomic E-state index is 0.890. The molecule has 0 aliphatic rings. The van der Waals surface area contributed by atoms with Crippen LogP contribution < -0.4 is 5.32 Å². The Balaban J connectivity index is 2.09. The Kier molecular flexibility index (Phi) is 3.17. The number of aromatic nitrogens is 2. The van der Waals surface area contributed by atoms with Crippen molar-refractivity contribution in [2.24, 2.45) is 0 Å². The molecule has 4 heteroatoms. The molecule has 0 radical (unpaired) electrons. The van der Waals surface area contributed by atoms with Crippen molar-refractivity contribution in [3.05, 3.63) is 58.7 Å². The van der Waals surface area contributed by atoms with E-state index in [1.807, 2.05) is 49.4 Å². The molecule has 1 heterocycles. The molecular weight excluding hydrogens is 302 g/mol. The van der Waals surface area contributed by atoms with Gasteiger partial charge in [-0.1, -0.05) is 34.1 Å². The highest BCUT2D eigenvalue weighted by molar-refractivity contribution is 9.10. The Labute approximate surface area is 119 Å². The molecule has 94 valence electrons. The molecule has 3 aromatic rings. The van der Waals surface area contributed by atoms with Gasteiger partial charge in [-0.05, 0) is 37.3 Å². The standard InChI is InChI=1S/C15H12BrN3/c1-10-15(17-12-8-6-11(16)7-9-12)13-4-2-3-5-14(13)19-18-10/h2-9H,1H3,(H,17,19). The molecule has 0 saturated heterocycles. The van der Waals surface area contributed by atoms with Crippen molar-refractivity contribution in [3.63, 3.8) is 0 Å². The number of rotatable bonds is 2. The predicted molar refractivity (Wildman–Crippen MR) is 81.7 cm³/mol. The summed E-state index contributed by atoms with van der Waals surface area (Å²) >= 11 is 3.43. The van der Waals surface area contributed by atoms with E-state index in [-0.39, 0.29) is 0 Å². The molecule has 1 N–H and O–H groups in total. The summed E-state index contributed by atoms with van der Waals surface area (Å²) in [4.78, 5) is 0. The lowest BCUT2D eigenvalue weighted by Crippen LogP contribution is -1.98. The Morgan fingerprint density at radius 3 is 2.47 bits per heavy atom. The summed E-state index contributed by atoms with van der Waals surface area (Å²) in [7, 11) is 0. The molecule has 19 heavy (non-hydrogen) atoms. The van der Waals surface area contributed by atoms with Crippen molar-refractivity contribution >= 4 is 38.2 Å². The SMILES string of the molecule is Cc1nnc2ccccc2c1Nc1ccc(Br)cc1. The van der Waals surface area contributed by atoms with Crippen LogP contribution in [0.2, 0.25) is 0 Å². The van der Waals surface area contributed by atoms with Gasteiger partial charge in [0.05, 0.1) is 16.9 Å². The molecule has 1 aromatic heterocycles. The van der Waals surface area contributed by atoms with Crippen molar-refractivity contribution in [2.45, 2.75) is 6.92 Å². The molecule has 0 atom stereocenters. The molecule has 2 aromatic carbocycles. The monoisotopic (exact) mass is 313 g/mol. The van der Waals surface area contributed by atoms with Crippen LogP contribution in [0.4, 0.5) is 11.4 Å². The van der Waals surface area contributed by atoms with E-state index in [2.05, 4.69) is 37.5 Å². The van der Waals surface area contributed by atoms with Gasteiger partial charge in [0.1, 0.15) is 0 Å². The number of benzene rings is 2. The topological polar surface area (TPSA) is 37.8 Å². The zero-order valence-corrected chi connectivity index (χ0v) is 12.0. The third-order valence-electron chi connectivity index (χ3n) is 2.96. The predicted octanol–water partition coefficient (Wildman–Crippen LogP) is 4.44. The molecule has 3 nitrogen and oxygen atoms in total. The molecule has 0 amide bonds. The van der Waals surface area contributed by atoms with E-state index < -0.39 is 0 Å². The molecule has 0 unspecified atom stereocenters. The van der Waals surface area contributed by atoms with Crippen molar-refractivity contribution in [2.75, 3.05) is 5.32 Å². The quantitative estimate of drug-likeness (QED) is 0.759. The number of anilines is 2. The third kappa shape index (κ3) is 2.44. The maximum Gasteiger partial charge on any atom is 0.0950 e. The number of hydrogen-bond acceptors (Lipinski definition) is 3. The van der Waals surface area contributed by atoms with Crippen molar-refractivity contribution in [1.29, 1.82) is 0 Å². The number of aryl methyl sites for hydroxylation is 1. The summed E-state index contributed by atoms with van der Waals surface area (Å²) in [6.45, 7) is 1.96. The van der Waals surface area contributed by atoms with E-state index >= 15 is 0 Å². The van der Waals surface area contributed by atoms with E-state index in [0.29, 0.717) is 0 Å². The highest BCUT2D eigenvalue weighted by atomic mass is 79.9. The maximum atomic E-state index is 4.20. The lowest BCUT2D eigenvalue weighted by atomic mass is 10.1. The van der Waals surface area contributed by atoms with Crippen LogP contribution in [-0.4, -0.2) is 10.2 Å². The van der Waals surface area contributed by atoms with Gasteiger partial charge in [0.15, 0.2) is 0 Å². The molecule has 0 fully saturated rings. The lowest BCUT2D eigenvalue weighted by Gasteiger charge is -2.11. The Morgan fingerprint density at radius 2 is 1.68 bits per heavy atom. The Morgan fingerprint density at radius 1 is 0.947 bits per heavy atom. The highest BCUT2D eigenvalue weighted by Gasteiger charge is 2.07. The first-order valence-electron chi connectivity index (χ1n) is 5.98. The van der Waals surface area contributed by atoms with Crippen LogP contribution in [-0.2, 0) is 0 Å². The molecule has 0 saturated carbocycles. The van der Waals surface area contributed by atoms with Crippen molar-refractivity contribution in [3.8, 4) is 0 Å². The van der Waals surface area contributed by atoms with Crippen LogP contribution in [0.15, 0.2) is 53.0 Å². The zero-order valence-electron chi connectivity index (χ0n) is 10.4. The summed E-state index contributed by atoms with van der Waals surface area (Å²) in [5.74, 6) is 0. The molecular formula is C15H12BrN3. The first kappa shape index (κ1) is 12.1. The van der Waals surface area contributed by atoms with E-state index in [0.717, 1.165) is 32.4 Å². The van der Waals surface area contributed by atoms with E-state index in [9.17, 15) is 0 Å². The summed E-state index contributed by atoms with van der Waals surface area (Å²) in [6, 6.07) is 16.1. The van der Waals surface area contributed by atoms with Gasteiger partial charge in [0, 0.05) is 15.5 Å². The fourth-order valence-electron chi connectivity index (χ4n) is 1.98. The van der Waals surface area contributed by atoms with Gasteiger partial charge >= 0.3 is 0 Å². The molecule has 3 rings (SSSR count). The number of halogens is 1. The van der Waals surface area contributed by atoms with Crippen LogP contribution in [0.5, 0.6) is 0 Å². The fraction of sp³-hybridized carbons (Fsp3) is 0.0667. The number of nitrogens with one attached hydrogen (secondary N) is 1. The number of fused-ring (bicyclic) bond motifs is 1. The average molecular weight is 314 g/mol. The zero-order chi connectivity index (χ0) is 13.2. The first-order valence-corrected chi connectivity index (χ1v) is 6.78. The Bertz CT molecular complexity index is 723. The normalized spacial score (nSPS) is 10.6. The van der Waals surface area contributed by atoms with E-state index in [4.69, 9.17) is 0 Å². The average Bonchev–Trinajstić information content (AvgIpc) is 2.44. The van der Waals surface area contributed by atoms with Gasteiger partial charge in [0.25, 0.3) is 0 Å². The van der Waals surface area contributed by atoms with Gasteiger partial charge < -0.3 is 5.32 Å². The van der Waals surface area contributed by atoms with Gasteiger partial charge in [-0.25, -0.2) is 0 Å². The minimum absolute atomic E-state index is 0.890. The van der Waals surface area contributed by atoms with E-state index in [1.54, 1.807) is 0 Å². The van der Waals surface area contributed by atoms with Crippen LogP contribution in [0.3, 0.4) is 0 Å². The van der Waals surface area contributed by atoms with Crippen LogP contribution in [0.1, 0.15) is 5.69 Å². The summed E-state index contributed by atoms with van der Waals surface area (Å²) in [6.07, 6.45) is 0. The number of hydrogen-bond donors (Lipinski definition) is 1. The largest absolute Gasteiger partial charge is 0.353 e. The number of nitrogens with zero attached hydrogens (tertiary/aromatic N) is 2. The third-order valence-corrected chi connectivity index (χ3v) is 3.49. The minimum Gasteiger partial charge on any atom is -0.353 e. The van der Waals surface area contributed by atoms with Crippen molar-refractivity contribution in [1.82, 2.24) is 10.2 Å². The molecule has 0 spiro atoms. The second-order valence-electron chi connectivity index (χ2n) is 4.31. The van der Waals surface area contributed by atoms with Gasteiger partial charge in [-0.2, -0.15) is 10.2 Å². The Hall–Kier alpha value is -1.94. The van der Waals surface area contributed by atoms with Crippen LogP contribution in [0, 0.1) is 6.92 Å². The van der Waals surface area contributed by atoms with Crippen LogP contribution in [0.25, 0.3) is 10.9 Å².